The fraction of sp³-hybridized carbons (Fsp3) is 0.350. The molecule has 0 saturated carbocycles. The van der Waals surface area contributed by atoms with Crippen molar-refractivity contribution in [1.29, 1.82) is 0 Å². The molecule has 0 radical (unpaired) electrons. The van der Waals surface area contributed by atoms with Crippen LogP contribution in [0, 0.1) is 5.82 Å². The summed E-state index contributed by atoms with van der Waals surface area (Å²) in [6.45, 7) is -0.588. The SMILES string of the molecule is OC[C@H]1O[C@@H](c2cc(Cc3cnc(-c4ccsc4)s3)c(Cl)cc2F)[C@H](O)[C@@H](O)[C@@H]1O. The van der Waals surface area contributed by atoms with Gasteiger partial charge in [0.25, 0.3) is 0 Å². The Balaban J connectivity index is 1.63. The van der Waals surface area contributed by atoms with Gasteiger partial charge in [0.2, 0.25) is 0 Å². The summed E-state index contributed by atoms with van der Waals surface area (Å²) in [6, 6.07) is 4.60. The standard InChI is InChI=1S/C20H19ClFNO5S2/c21-13-5-14(22)12(19-18(27)17(26)16(25)15(7-24)28-19)4-10(13)3-11-6-23-20(30-11)9-1-2-29-8-9/h1-2,4-6,8,15-19,24-27H,3,7H2/t15-,16-,17+,18-,19+/m1/s1. The first-order chi connectivity index (χ1) is 14.4. The summed E-state index contributed by atoms with van der Waals surface area (Å²) >= 11 is 9.34. The quantitative estimate of drug-likeness (QED) is 0.456. The predicted octanol–water partition coefficient (Wildman–Crippen LogP) is 2.77. The molecule has 3 heterocycles. The zero-order chi connectivity index (χ0) is 21.4. The number of rotatable bonds is 5. The van der Waals surface area contributed by atoms with Gasteiger partial charge in [0.05, 0.1) is 6.61 Å². The summed E-state index contributed by atoms with van der Waals surface area (Å²) in [6.07, 6.45) is -4.92. The lowest BCUT2D eigenvalue weighted by molar-refractivity contribution is -0.232. The third-order valence-electron chi connectivity index (χ3n) is 5.05. The number of nitrogens with zero attached hydrogens (tertiary/aromatic N) is 1. The molecule has 0 amide bonds. The van der Waals surface area contributed by atoms with Crippen molar-refractivity contribution < 1.29 is 29.6 Å². The lowest BCUT2D eigenvalue weighted by Crippen LogP contribution is -2.55. The molecule has 3 aromatic rings. The number of ether oxygens (including phenoxy) is 1. The second-order valence-electron chi connectivity index (χ2n) is 7.04. The van der Waals surface area contributed by atoms with Crippen molar-refractivity contribution in [2.45, 2.75) is 36.9 Å². The molecule has 0 aliphatic carbocycles. The molecule has 30 heavy (non-hydrogen) atoms. The van der Waals surface area contributed by atoms with Crippen LogP contribution in [0.2, 0.25) is 5.02 Å². The Morgan fingerprint density at radius 2 is 1.97 bits per heavy atom. The number of aliphatic hydroxyl groups excluding tert-OH is 4. The van der Waals surface area contributed by atoms with Gasteiger partial charge in [-0.05, 0) is 29.1 Å². The zero-order valence-corrected chi connectivity index (χ0v) is 17.9. The van der Waals surface area contributed by atoms with E-state index in [0.29, 0.717) is 12.0 Å². The minimum absolute atomic E-state index is 0.00567. The van der Waals surface area contributed by atoms with Crippen molar-refractivity contribution in [2.75, 3.05) is 6.61 Å². The molecule has 1 fully saturated rings. The average Bonchev–Trinajstić information content (AvgIpc) is 3.41. The molecule has 10 heteroatoms. The van der Waals surface area contributed by atoms with E-state index in [4.69, 9.17) is 16.3 Å². The third kappa shape index (κ3) is 4.17. The summed E-state index contributed by atoms with van der Waals surface area (Å²) in [7, 11) is 0. The fourth-order valence-electron chi connectivity index (χ4n) is 3.42. The van der Waals surface area contributed by atoms with Crippen LogP contribution in [0.4, 0.5) is 4.39 Å². The monoisotopic (exact) mass is 471 g/mol. The Hall–Kier alpha value is -1.43. The molecule has 5 atom stereocenters. The lowest BCUT2D eigenvalue weighted by Gasteiger charge is -2.40. The maximum absolute atomic E-state index is 14.7. The van der Waals surface area contributed by atoms with Crippen LogP contribution in [-0.4, -0.2) is 56.4 Å². The lowest BCUT2D eigenvalue weighted by atomic mass is 9.90. The van der Waals surface area contributed by atoms with E-state index in [2.05, 4.69) is 4.98 Å². The van der Waals surface area contributed by atoms with E-state index >= 15 is 0 Å². The van der Waals surface area contributed by atoms with Crippen molar-refractivity contribution >= 4 is 34.3 Å². The van der Waals surface area contributed by atoms with E-state index < -0.39 is 42.9 Å². The minimum atomic E-state index is -1.59. The number of halogens is 2. The van der Waals surface area contributed by atoms with Crippen LogP contribution in [0.3, 0.4) is 0 Å². The van der Waals surface area contributed by atoms with Gasteiger partial charge in [-0.1, -0.05) is 11.6 Å². The van der Waals surface area contributed by atoms with Gasteiger partial charge in [0.15, 0.2) is 0 Å². The molecule has 0 bridgehead atoms. The minimum Gasteiger partial charge on any atom is -0.394 e. The molecule has 0 unspecified atom stereocenters. The predicted molar refractivity (Wildman–Crippen MR) is 112 cm³/mol. The molecule has 160 valence electrons. The normalized spacial score (nSPS) is 26.8. The molecule has 1 aliphatic rings. The van der Waals surface area contributed by atoms with Gasteiger partial charge < -0.3 is 25.2 Å². The Kier molecular flexibility index (Phi) is 6.52. The van der Waals surface area contributed by atoms with Gasteiger partial charge in [0, 0.05) is 39.0 Å². The highest BCUT2D eigenvalue weighted by Crippen LogP contribution is 2.37. The van der Waals surface area contributed by atoms with Crippen molar-refractivity contribution in [3.05, 3.63) is 62.0 Å². The molecule has 1 saturated heterocycles. The van der Waals surface area contributed by atoms with E-state index in [9.17, 15) is 24.8 Å². The molecule has 1 aliphatic heterocycles. The summed E-state index contributed by atoms with van der Waals surface area (Å²) < 4.78 is 20.2. The first-order valence-electron chi connectivity index (χ1n) is 9.14. The van der Waals surface area contributed by atoms with Crippen LogP contribution in [-0.2, 0) is 11.2 Å². The molecular weight excluding hydrogens is 453 g/mol. The Bertz CT molecular complexity index is 1010. The number of aliphatic hydroxyl groups is 4. The molecule has 4 N–H and O–H groups in total. The topological polar surface area (TPSA) is 103 Å². The first-order valence-corrected chi connectivity index (χ1v) is 11.3. The fourth-order valence-corrected chi connectivity index (χ4v) is 5.29. The van der Waals surface area contributed by atoms with Gasteiger partial charge in [-0.15, -0.1) is 11.3 Å². The van der Waals surface area contributed by atoms with Crippen LogP contribution < -0.4 is 0 Å². The molecule has 4 rings (SSSR count). The van der Waals surface area contributed by atoms with Crippen molar-refractivity contribution in [3.63, 3.8) is 0 Å². The highest BCUT2D eigenvalue weighted by molar-refractivity contribution is 7.15. The van der Waals surface area contributed by atoms with Crippen molar-refractivity contribution in [1.82, 2.24) is 4.98 Å². The van der Waals surface area contributed by atoms with Gasteiger partial charge in [-0.3, -0.25) is 0 Å². The van der Waals surface area contributed by atoms with Crippen molar-refractivity contribution in [3.8, 4) is 10.6 Å². The number of thiazole rings is 1. The molecule has 1 aromatic carbocycles. The maximum Gasteiger partial charge on any atom is 0.130 e. The highest BCUT2D eigenvalue weighted by atomic mass is 35.5. The van der Waals surface area contributed by atoms with Crippen LogP contribution >= 0.6 is 34.3 Å². The summed E-state index contributed by atoms with van der Waals surface area (Å²) in [4.78, 5) is 5.34. The van der Waals surface area contributed by atoms with E-state index in [0.717, 1.165) is 21.5 Å². The van der Waals surface area contributed by atoms with Gasteiger partial charge in [0.1, 0.15) is 41.3 Å². The van der Waals surface area contributed by atoms with Gasteiger partial charge >= 0.3 is 0 Å². The first kappa shape index (κ1) is 21.8. The Morgan fingerprint density at radius 3 is 2.67 bits per heavy atom. The Morgan fingerprint density at radius 1 is 1.17 bits per heavy atom. The zero-order valence-electron chi connectivity index (χ0n) is 15.5. The average molecular weight is 472 g/mol. The number of benzene rings is 1. The van der Waals surface area contributed by atoms with Crippen LogP contribution in [0.25, 0.3) is 10.6 Å². The second kappa shape index (κ2) is 8.97. The smallest absolute Gasteiger partial charge is 0.130 e. The van der Waals surface area contributed by atoms with Crippen LogP contribution in [0.15, 0.2) is 35.2 Å². The largest absolute Gasteiger partial charge is 0.394 e. The second-order valence-corrected chi connectivity index (χ2v) is 9.34. The number of thiophene rings is 1. The van der Waals surface area contributed by atoms with E-state index in [1.807, 2.05) is 16.8 Å². The highest BCUT2D eigenvalue weighted by Gasteiger charge is 2.44. The van der Waals surface area contributed by atoms with Gasteiger partial charge in [-0.25, -0.2) is 9.37 Å². The molecule has 0 spiro atoms. The van der Waals surface area contributed by atoms with Gasteiger partial charge in [-0.2, -0.15) is 11.3 Å². The maximum atomic E-state index is 14.7. The van der Waals surface area contributed by atoms with E-state index in [1.165, 1.54) is 17.4 Å². The van der Waals surface area contributed by atoms with E-state index in [-0.39, 0.29) is 10.6 Å². The number of hydrogen-bond acceptors (Lipinski definition) is 8. The molecule has 2 aromatic heterocycles. The summed E-state index contributed by atoms with van der Waals surface area (Å²) in [5.41, 5.74) is 1.63. The van der Waals surface area contributed by atoms with Crippen LogP contribution in [0.1, 0.15) is 22.1 Å². The number of aromatic nitrogens is 1. The van der Waals surface area contributed by atoms with Crippen LogP contribution in [0.5, 0.6) is 0 Å². The van der Waals surface area contributed by atoms with Crippen molar-refractivity contribution in [2.24, 2.45) is 0 Å². The summed E-state index contributed by atoms with van der Waals surface area (Å²) in [5.74, 6) is -0.712. The molecule has 6 nitrogen and oxygen atoms in total. The third-order valence-corrected chi connectivity index (χ3v) is 7.13. The number of hydrogen-bond donors (Lipinski definition) is 4. The molecular formula is C20H19ClFNO5S2. The Labute approximate surface area is 184 Å². The summed E-state index contributed by atoms with van der Waals surface area (Å²) in [5, 5.41) is 44.8. The van der Waals surface area contributed by atoms with E-state index in [1.54, 1.807) is 17.5 Å².